The molecule has 0 aliphatic heterocycles. The third-order valence-corrected chi connectivity index (χ3v) is 6.13. The molecular formula is C22H23ClN4O5S. The Morgan fingerprint density at radius 3 is 2.58 bits per heavy atom. The largest absolute Gasteiger partial charge is 0.491 e. The summed E-state index contributed by atoms with van der Waals surface area (Å²) in [6.07, 6.45) is 2.54. The van der Waals surface area contributed by atoms with Gasteiger partial charge in [0.1, 0.15) is 5.75 Å². The van der Waals surface area contributed by atoms with Crippen molar-refractivity contribution in [2.45, 2.75) is 24.2 Å². The van der Waals surface area contributed by atoms with E-state index in [2.05, 4.69) is 15.0 Å². The molecule has 3 aromatic rings. The number of unbranched alkanes of at least 4 members (excludes halogenated alkanes) is 1. The zero-order valence-corrected chi connectivity index (χ0v) is 19.1. The summed E-state index contributed by atoms with van der Waals surface area (Å²) >= 11 is 5.85. The number of aromatic nitrogens is 1. The molecule has 0 spiro atoms. The third kappa shape index (κ3) is 6.99. The van der Waals surface area contributed by atoms with E-state index in [0.29, 0.717) is 35.1 Å². The average molecular weight is 491 g/mol. The summed E-state index contributed by atoms with van der Waals surface area (Å²) in [5.41, 5.74) is 7.18. The number of ether oxygens (including phenoxy) is 1. The van der Waals surface area contributed by atoms with Crippen LogP contribution in [0.4, 0.5) is 22.9 Å². The summed E-state index contributed by atoms with van der Waals surface area (Å²) < 4.78 is 34.0. The minimum Gasteiger partial charge on any atom is -0.491 e. The number of sulfonamides is 1. The van der Waals surface area contributed by atoms with E-state index in [-0.39, 0.29) is 29.4 Å². The number of nitrogens with one attached hydrogen (secondary N) is 2. The Morgan fingerprint density at radius 1 is 1.12 bits per heavy atom. The van der Waals surface area contributed by atoms with Crippen LogP contribution in [-0.2, 0) is 14.8 Å². The first-order valence-electron chi connectivity index (χ1n) is 9.99. The summed E-state index contributed by atoms with van der Waals surface area (Å²) in [7, 11) is -3.90. The molecule has 0 saturated carbocycles. The standard InChI is InChI=1S/C22H23ClN4O5S/c23-15-6-9-17(10-7-15)33(30,31)27-19-11-8-16(26-22-18(24)4-3-12-25-22)14-20(19)32-13-2-1-5-21(28)29/h3-4,6-12,14,27H,1-2,5,13,24H2,(H,25,26)(H,28,29). The molecule has 9 nitrogen and oxygen atoms in total. The molecule has 0 radical (unpaired) electrons. The number of pyridine rings is 1. The number of nitrogens with zero attached hydrogens (tertiary/aromatic N) is 1. The van der Waals surface area contributed by atoms with Gasteiger partial charge in [0.25, 0.3) is 10.0 Å². The van der Waals surface area contributed by atoms with Gasteiger partial charge in [0.05, 0.1) is 22.9 Å². The number of nitrogen functional groups attached to an aromatic ring is 1. The lowest BCUT2D eigenvalue weighted by atomic mass is 10.2. The summed E-state index contributed by atoms with van der Waals surface area (Å²) in [5, 5.41) is 12.3. The molecule has 0 atom stereocenters. The van der Waals surface area contributed by atoms with Gasteiger partial charge in [-0.05, 0) is 61.4 Å². The van der Waals surface area contributed by atoms with Crippen LogP contribution in [0.5, 0.6) is 5.75 Å². The van der Waals surface area contributed by atoms with E-state index in [1.807, 2.05) is 0 Å². The minimum absolute atomic E-state index is 0.0277. The van der Waals surface area contributed by atoms with Crippen LogP contribution in [0, 0.1) is 0 Å². The number of halogens is 1. The first-order valence-corrected chi connectivity index (χ1v) is 11.9. The maximum Gasteiger partial charge on any atom is 0.303 e. The summed E-state index contributed by atoms with van der Waals surface area (Å²) in [5.74, 6) is -0.174. The molecule has 0 bridgehead atoms. The number of carboxylic acid groups (broad SMARTS) is 1. The topological polar surface area (TPSA) is 144 Å². The Balaban J connectivity index is 1.83. The number of hydrogen-bond acceptors (Lipinski definition) is 7. The zero-order valence-electron chi connectivity index (χ0n) is 17.5. The normalized spacial score (nSPS) is 11.1. The van der Waals surface area contributed by atoms with Gasteiger partial charge in [-0.1, -0.05) is 11.6 Å². The van der Waals surface area contributed by atoms with Crippen LogP contribution in [0.15, 0.2) is 65.7 Å². The van der Waals surface area contributed by atoms with Crippen LogP contribution in [-0.4, -0.2) is 31.1 Å². The predicted octanol–water partition coefficient (Wildman–Crippen LogP) is 4.50. The number of benzene rings is 2. The highest BCUT2D eigenvalue weighted by Crippen LogP contribution is 2.32. The molecule has 11 heteroatoms. The van der Waals surface area contributed by atoms with Crippen molar-refractivity contribution in [2.75, 3.05) is 22.4 Å². The van der Waals surface area contributed by atoms with Crippen LogP contribution in [0.3, 0.4) is 0 Å². The third-order valence-electron chi connectivity index (χ3n) is 4.49. The molecule has 33 heavy (non-hydrogen) atoms. The van der Waals surface area contributed by atoms with Gasteiger partial charge in [0.2, 0.25) is 0 Å². The van der Waals surface area contributed by atoms with Gasteiger partial charge in [-0.15, -0.1) is 0 Å². The van der Waals surface area contributed by atoms with Gasteiger partial charge in [-0.25, -0.2) is 13.4 Å². The maximum atomic E-state index is 12.8. The summed E-state index contributed by atoms with van der Waals surface area (Å²) in [6.45, 7) is 0.206. The van der Waals surface area contributed by atoms with Crippen LogP contribution in [0.2, 0.25) is 5.02 Å². The molecule has 0 saturated heterocycles. The van der Waals surface area contributed by atoms with E-state index in [9.17, 15) is 13.2 Å². The second kappa shape index (κ2) is 10.9. The lowest BCUT2D eigenvalue weighted by Gasteiger charge is -2.16. The molecular weight excluding hydrogens is 468 g/mol. The van der Waals surface area contributed by atoms with E-state index < -0.39 is 16.0 Å². The Labute approximate surface area is 196 Å². The maximum absolute atomic E-state index is 12.8. The molecule has 3 rings (SSSR count). The second-order valence-electron chi connectivity index (χ2n) is 7.04. The highest BCUT2D eigenvalue weighted by atomic mass is 35.5. The van der Waals surface area contributed by atoms with E-state index in [4.69, 9.17) is 27.2 Å². The fourth-order valence-electron chi connectivity index (χ4n) is 2.84. The monoisotopic (exact) mass is 490 g/mol. The molecule has 5 N–H and O–H groups in total. The van der Waals surface area contributed by atoms with Crippen molar-refractivity contribution < 1.29 is 23.1 Å². The molecule has 0 unspecified atom stereocenters. The Kier molecular flexibility index (Phi) is 7.96. The molecule has 0 aliphatic carbocycles. The van der Waals surface area contributed by atoms with Crippen molar-refractivity contribution in [3.05, 3.63) is 65.8 Å². The van der Waals surface area contributed by atoms with Gasteiger partial charge in [0, 0.05) is 29.4 Å². The molecule has 1 heterocycles. The van der Waals surface area contributed by atoms with Gasteiger partial charge in [0.15, 0.2) is 5.82 Å². The van der Waals surface area contributed by atoms with Crippen LogP contribution in [0.25, 0.3) is 0 Å². The Hall–Kier alpha value is -3.50. The zero-order chi connectivity index (χ0) is 23.8. The van der Waals surface area contributed by atoms with Gasteiger partial charge < -0.3 is 20.9 Å². The summed E-state index contributed by atoms with van der Waals surface area (Å²) in [6, 6.07) is 14.0. The van der Waals surface area contributed by atoms with Gasteiger partial charge >= 0.3 is 5.97 Å². The number of rotatable bonds is 11. The number of carboxylic acids is 1. The Morgan fingerprint density at radius 2 is 1.88 bits per heavy atom. The van der Waals surface area contributed by atoms with Gasteiger partial charge in [-0.3, -0.25) is 9.52 Å². The van der Waals surface area contributed by atoms with Crippen molar-refractivity contribution in [1.82, 2.24) is 4.98 Å². The molecule has 0 amide bonds. The van der Waals surface area contributed by atoms with Crippen LogP contribution >= 0.6 is 11.6 Å². The second-order valence-corrected chi connectivity index (χ2v) is 9.15. The van der Waals surface area contributed by atoms with Crippen LogP contribution in [0.1, 0.15) is 19.3 Å². The lowest BCUT2D eigenvalue weighted by molar-refractivity contribution is -0.137. The highest BCUT2D eigenvalue weighted by Gasteiger charge is 2.17. The number of anilines is 4. The quantitative estimate of drug-likeness (QED) is 0.288. The number of nitrogens with two attached hydrogens (primary N) is 1. The van der Waals surface area contributed by atoms with Crippen molar-refractivity contribution in [1.29, 1.82) is 0 Å². The summed E-state index contributed by atoms with van der Waals surface area (Å²) in [4.78, 5) is 14.9. The molecule has 0 aliphatic rings. The predicted molar refractivity (Wildman–Crippen MR) is 128 cm³/mol. The average Bonchev–Trinajstić information content (AvgIpc) is 2.76. The van der Waals surface area contributed by atoms with Gasteiger partial charge in [-0.2, -0.15) is 0 Å². The minimum atomic E-state index is -3.90. The smallest absolute Gasteiger partial charge is 0.303 e. The van der Waals surface area contributed by atoms with Crippen LogP contribution < -0.4 is 20.5 Å². The number of aliphatic carboxylic acids is 1. The molecule has 2 aromatic carbocycles. The van der Waals surface area contributed by atoms with Crippen molar-refractivity contribution in [2.24, 2.45) is 0 Å². The fraction of sp³-hybridized carbons (Fsp3) is 0.182. The van der Waals surface area contributed by atoms with E-state index in [1.54, 1.807) is 36.5 Å². The molecule has 1 aromatic heterocycles. The molecule has 174 valence electrons. The fourth-order valence-corrected chi connectivity index (χ4v) is 4.04. The van der Waals surface area contributed by atoms with E-state index >= 15 is 0 Å². The SMILES string of the molecule is Nc1cccnc1Nc1ccc(NS(=O)(=O)c2ccc(Cl)cc2)c(OCCCCC(=O)O)c1. The Bertz CT molecular complexity index is 1220. The van der Waals surface area contributed by atoms with E-state index in [0.717, 1.165) is 0 Å². The highest BCUT2D eigenvalue weighted by molar-refractivity contribution is 7.92. The van der Waals surface area contributed by atoms with E-state index in [1.165, 1.54) is 24.3 Å². The molecule has 0 fully saturated rings. The number of hydrogen-bond donors (Lipinski definition) is 4. The van der Waals surface area contributed by atoms with Crippen molar-refractivity contribution >= 4 is 50.5 Å². The first-order chi connectivity index (χ1) is 15.7. The van der Waals surface area contributed by atoms with Crippen molar-refractivity contribution in [3.8, 4) is 5.75 Å². The first kappa shape index (κ1) is 24.1. The number of carbonyl (C=O) groups is 1. The van der Waals surface area contributed by atoms with Crippen molar-refractivity contribution in [3.63, 3.8) is 0 Å². The lowest BCUT2D eigenvalue weighted by Crippen LogP contribution is -2.14.